The van der Waals surface area contributed by atoms with Gasteiger partial charge in [-0.1, -0.05) is 12.0 Å². The van der Waals surface area contributed by atoms with Gasteiger partial charge in [0.05, 0.1) is 6.04 Å². The second kappa shape index (κ2) is 5.27. The third-order valence-electron chi connectivity index (χ3n) is 2.76. The van der Waals surface area contributed by atoms with Gasteiger partial charge < -0.3 is 9.64 Å². The number of azide groups is 1. The monoisotopic (exact) mass is 240 g/mol. The molecule has 1 aliphatic rings. The number of ether oxygens (including phenoxy) is 1. The van der Waals surface area contributed by atoms with Crippen LogP contribution in [-0.4, -0.2) is 35.2 Å². The molecule has 0 radical (unpaired) electrons. The Hall–Kier alpha value is -1.42. The minimum atomic E-state index is -0.494. The Morgan fingerprint density at radius 1 is 1.59 bits per heavy atom. The second-order valence-corrected chi connectivity index (χ2v) is 5.21. The molecule has 1 aliphatic heterocycles. The van der Waals surface area contributed by atoms with Crippen molar-refractivity contribution in [1.29, 1.82) is 0 Å². The van der Waals surface area contributed by atoms with Gasteiger partial charge in [-0.15, -0.1) is 0 Å². The third kappa shape index (κ3) is 3.53. The molecule has 0 spiro atoms. The van der Waals surface area contributed by atoms with Gasteiger partial charge >= 0.3 is 6.09 Å². The van der Waals surface area contributed by atoms with Crippen molar-refractivity contribution < 1.29 is 9.53 Å². The molecule has 0 N–H and O–H groups in total. The molecule has 1 amide bonds. The Kier molecular flexibility index (Phi) is 4.23. The van der Waals surface area contributed by atoms with Crippen LogP contribution in [0.4, 0.5) is 4.79 Å². The van der Waals surface area contributed by atoms with Crippen molar-refractivity contribution in [2.24, 2.45) is 5.11 Å². The standard InChI is InChI=1S/C11H20N4O2/c1-5-9-8(13-14-12)6-7-15(9)10(16)17-11(2,3)4/h8-9H,5-7H2,1-4H3/t8-,9-/m1/s1. The summed E-state index contributed by atoms with van der Waals surface area (Å²) >= 11 is 0. The van der Waals surface area contributed by atoms with Gasteiger partial charge in [-0.3, -0.25) is 0 Å². The summed E-state index contributed by atoms with van der Waals surface area (Å²) in [4.78, 5) is 16.5. The van der Waals surface area contributed by atoms with E-state index in [-0.39, 0.29) is 18.2 Å². The minimum Gasteiger partial charge on any atom is -0.444 e. The summed E-state index contributed by atoms with van der Waals surface area (Å²) in [5.74, 6) is 0. The average molecular weight is 240 g/mol. The number of rotatable bonds is 2. The van der Waals surface area contributed by atoms with Crippen molar-refractivity contribution in [2.75, 3.05) is 6.54 Å². The van der Waals surface area contributed by atoms with E-state index in [0.29, 0.717) is 13.0 Å². The highest BCUT2D eigenvalue weighted by atomic mass is 16.6. The zero-order valence-corrected chi connectivity index (χ0v) is 10.9. The zero-order valence-electron chi connectivity index (χ0n) is 10.9. The fraction of sp³-hybridized carbons (Fsp3) is 0.909. The highest BCUT2D eigenvalue weighted by Gasteiger charge is 2.37. The number of carbonyl (C=O) groups excluding carboxylic acids is 1. The molecule has 0 saturated carbocycles. The van der Waals surface area contributed by atoms with E-state index < -0.39 is 5.60 Å². The first-order chi connectivity index (χ1) is 7.89. The van der Waals surface area contributed by atoms with E-state index in [2.05, 4.69) is 10.0 Å². The molecule has 6 heteroatoms. The first kappa shape index (κ1) is 13.6. The number of likely N-dealkylation sites (tertiary alicyclic amines) is 1. The molecule has 1 heterocycles. The zero-order chi connectivity index (χ0) is 13.1. The molecular weight excluding hydrogens is 220 g/mol. The van der Waals surface area contributed by atoms with Crippen molar-refractivity contribution in [2.45, 2.75) is 58.2 Å². The smallest absolute Gasteiger partial charge is 0.410 e. The summed E-state index contributed by atoms with van der Waals surface area (Å²) in [5, 5.41) is 3.74. The highest BCUT2D eigenvalue weighted by molar-refractivity contribution is 5.69. The van der Waals surface area contributed by atoms with Crippen LogP contribution < -0.4 is 0 Å². The van der Waals surface area contributed by atoms with Crippen LogP contribution in [0.3, 0.4) is 0 Å². The molecule has 1 fully saturated rings. The van der Waals surface area contributed by atoms with Gasteiger partial charge in [0.2, 0.25) is 0 Å². The lowest BCUT2D eigenvalue weighted by molar-refractivity contribution is 0.0217. The van der Waals surface area contributed by atoms with Crippen LogP contribution in [0.2, 0.25) is 0 Å². The molecule has 1 saturated heterocycles. The van der Waals surface area contributed by atoms with E-state index in [9.17, 15) is 4.79 Å². The van der Waals surface area contributed by atoms with Crippen molar-refractivity contribution >= 4 is 6.09 Å². The van der Waals surface area contributed by atoms with Crippen LogP contribution in [0.25, 0.3) is 10.4 Å². The molecule has 2 atom stereocenters. The Morgan fingerprint density at radius 2 is 2.24 bits per heavy atom. The first-order valence-corrected chi connectivity index (χ1v) is 5.93. The first-order valence-electron chi connectivity index (χ1n) is 5.93. The largest absolute Gasteiger partial charge is 0.444 e. The van der Waals surface area contributed by atoms with Gasteiger partial charge in [-0.25, -0.2) is 4.79 Å². The fourth-order valence-corrected chi connectivity index (χ4v) is 2.08. The number of carbonyl (C=O) groups is 1. The van der Waals surface area contributed by atoms with E-state index in [1.54, 1.807) is 4.90 Å². The van der Waals surface area contributed by atoms with E-state index in [4.69, 9.17) is 10.3 Å². The Morgan fingerprint density at radius 3 is 2.71 bits per heavy atom. The molecule has 6 nitrogen and oxygen atoms in total. The molecule has 17 heavy (non-hydrogen) atoms. The average Bonchev–Trinajstić information content (AvgIpc) is 2.58. The Bertz CT molecular complexity index is 331. The van der Waals surface area contributed by atoms with Crippen molar-refractivity contribution in [3.05, 3.63) is 10.4 Å². The Labute approximate surface area is 102 Å². The molecule has 96 valence electrons. The van der Waals surface area contributed by atoms with E-state index >= 15 is 0 Å². The van der Waals surface area contributed by atoms with E-state index in [1.165, 1.54) is 0 Å². The normalized spacial score (nSPS) is 24.4. The topological polar surface area (TPSA) is 78.3 Å². The van der Waals surface area contributed by atoms with Gasteiger partial charge in [0, 0.05) is 17.5 Å². The number of nitrogens with zero attached hydrogens (tertiary/aromatic N) is 4. The second-order valence-electron chi connectivity index (χ2n) is 5.21. The van der Waals surface area contributed by atoms with Gasteiger partial charge in [0.25, 0.3) is 0 Å². The maximum absolute atomic E-state index is 11.9. The maximum atomic E-state index is 11.9. The van der Waals surface area contributed by atoms with E-state index in [1.807, 2.05) is 27.7 Å². The van der Waals surface area contributed by atoms with Crippen LogP contribution in [0.5, 0.6) is 0 Å². The summed E-state index contributed by atoms with van der Waals surface area (Å²) in [6.45, 7) is 8.09. The van der Waals surface area contributed by atoms with Crippen molar-refractivity contribution in [3.63, 3.8) is 0 Å². The SMILES string of the molecule is CC[C@@H]1[C@H](N=[N+]=[N-])CCN1C(=O)OC(C)(C)C. The lowest BCUT2D eigenvalue weighted by atomic mass is 10.1. The molecule has 0 aromatic rings. The molecule has 0 aliphatic carbocycles. The van der Waals surface area contributed by atoms with Crippen LogP contribution in [0.1, 0.15) is 40.5 Å². The van der Waals surface area contributed by atoms with Gasteiger partial charge in [-0.05, 0) is 39.1 Å². The molecular formula is C11H20N4O2. The van der Waals surface area contributed by atoms with Crippen LogP contribution >= 0.6 is 0 Å². The molecule has 0 aromatic heterocycles. The van der Waals surface area contributed by atoms with E-state index in [0.717, 1.165) is 6.42 Å². The summed E-state index contributed by atoms with van der Waals surface area (Å²) in [7, 11) is 0. The highest BCUT2D eigenvalue weighted by Crippen LogP contribution is 2.25. The lowest BCUT2D eigenvalue weighted by Crippen LogP contribution is -2.41. The predicted molar refractivity (Wildman–Crippen MR) is 64.6 cm³/mol. The Balaban J connectivity index is 2.72. The molecule has 1 rings (SSSR count). The number of hydrogen-bond donors (Lipinski definition) is 0. The molecule has 0 bridgehead atoms. The van der Waals surface area contributed by atoms with Crippen LogP contribution in [0.15, 0.2) is 5.11 Å². The number of hydrogen-bond acceptors (Lipinski definition) is 3. The lowest BCUT2D eigenvalue weighted by Gasteiger charge is -2.29. The maximum Gasteiger partial charge on any atom is 0.410 e. The van der Waals surface area contributed by atoms with Crippen LogP contribution in [-0.2, 0) is 4.74 Å². The summed E-state index contributed by atoms with van der Waals surface area (Å²) in [5.41, 5.74) is 7.98. The van der Waals surface area contributed by atoms with Gasteiger partial charge in [0.1, 0.15) is 5.60 Å². The molecule has 0 unspecified atom stereocenters. The molecule has 0 aromatic carbocycles. The fourth-order valence-electron chi connectivity index (χ4n) is 2.08. The van der Waals surface area contributed by atoms with Crippen molar-refractivity contribution in [3.8, 4) is 0 Å². The predicted octanol–water partition coefficient (Wildman–Crippen LogP) is 3.08. The summed E-state index contributed by atoms with van der Waals surface area (Å²) < 4.78 is 5.33. The van der Waals surface area contributed by atoms with Gasteiger partial charge in [0.15, 0.2) is 0 Å². The van der Waals surface area contributed by atoms with Crippen LogP contribution in [0, 0.1) is 0 Å². The quantitative estimate of drug-likeness (QED) is 0.422. The third-order valence-corrected chi connectivity index (χ3v) is 2.76. The van der Waals surface area contributed by atoms with Crippen molar-refractivity contribution in [1.82, 2.24) is 4.90 Å². The summed E-state index contributed by atoms with van der Waals surface area (Å²) in [6, 6.07) is -0.168. The summed E-state index contributed by atoms with van der Waals surface area (Å²) in [6.07, 6.45) is 1.16. The van der Waals surface area contributed by atoms with Gasteiger partial charge in [-0.2, -0.15) is 0 Å². The minimum absolute atomic E-state index is 0.0410. The number of amides is 1.